The molecule has 176 valence electrons. The molecule has 0 saturated heterocycles. The first-order valence-electron chi connectivity index (χ1n) is 11.4. The van der Waals surface area contributed by atoms with Crippen LogP contribution in [0.3, 0.4) is 0 Å². The Morgan fingerprint density at radius 2 is 1.59 bits per heavy atom. The van der Waals surface area contributed by atoms with Gasteiger partial charge in [-0.15, -0.1) is 0 Å². The fraction of sp³-hybridized carbons (Fsp3) is 0.250. The van der Waals surface area contributed by atoms with Crippen LogP contribution in [-0.2, 0) is 19.6 Å². The topological polar surface area (TPSA) is 50.5 Å². The van der Waals surface area contributed by atoms with E-state index in [1.165, 1.54) is 5.56 Å². The van der Waals surface area contributed by atoms with E-state index in [2.05, 4.69) is 34.3 Å². The zero-order valence-electron chi connectivity index (χ0n) is 19.6. The second-order valence-electron chi connectivity index (χ2n) is 8.48. The second kappa shape index (κ2) is 11.3. The van der Waals surface area contributed by atoms with Gasteiger partial charge in [0.2, 0.25) is 0 Å². The zero-order chi connectivity index (χ0) is 23.9. The number of para-hydroxylation sites is 1. The molecular weight excluding hydrogens is 446 g/mol. The number of hydrogen-bond donors (Lipinski definition) is 1. The number of benzene rings is 3. The molecule has 0 saturated carbocycles. The van der Waals surface area contributed by atoms with Crippen molar-refractivity contribution in [2.45, 2.75) is 32.5 Å². The van der Waals surface area contributed by atoms with Crippen molar-refractivity contribution >= 4 is 11.6 Å². The molecule has 4 rings (SSSR count). The minimum atomic E-state index is 0.0598. The SMILES string of the molecule is Cc1nn(-c2ccccc2)c(Cl)c1COc1ccc(CN(C)[C@@H](CO)Cc2ccccc2)cc1. The van der Waals surface area contributed by atoms with Crippen LogP contribution in [0, 0.1) is 6.92 Å². The highest BCUT2D eigenvalue weighted by Crippen LogP contribution is 2.25. The van der Waals surface area contributed by atoms with E-state index in [-0.39, 0.29) is 12.6 Å². The lowest BCUT2D eigenvalue weighted by Crippen LogP contribution is -2.36. The molecular formula is C28H30ClN3O2. The van der Waals surface area contributed by atoms with Gasteiger partial charge in [-0.05, 0) is 55.8 Å². The van der Waals surface area contributed by atoms with Gasteiger partial charge in [0.15, 0.2) is 0 Å². The lowest BCUT2D eigenvalue weighted by molar-refractivity contribution is 0.141. The van der Waals surface area contributed by atoms with Crippen LogP contribution in [0.1, 0.15) is 22.4 Å². The van der Waals surface area contributed by atoms with Crippen LogP contribution in [0.5, 0.6) is 5.75 Å². The summed E-state index contributed by atoms with van der Waals surface area (Å²) in [6.45, 7) is 3.15. The molecule has 3 aromatic carbocycles. The molecule has 0 bridgehead atoms. The van der Waals surface area contributed by atoms with E-state index in [9.17, 15) is 5.11 Å². The Bertz CT molecular complexity index is 1180. The molecule has 0 aliphatic rings. The summed E-state index contributed by atoms with van der Waals surface area (Å²) in [7, 11) is 2.05. The first-order chi connectivity index (χ1) is 16.5. The van der Waals surface area contributed by atoms with Crippen molar-refractivity contribution in [1.29, 1.82) is 0 Å². The van der Waals surface area contributed by atoms with E-state index in [1.54, 1.807) is 4.68 Å². The molecule has 5 nitrogen and oxygen atoms in total. The van der Waals surface area contributed by atoms with Crippen molar-refractivity contribution in [1.82, 2.24) is 14.7 Å². The van der Waals surface area contributed by atoms with Gasteiger partial charge in [0.25, 0.3) is 0 Å². The van der Waals surface area contributed by atoms with Crippen LogP contribution < -0.4 is 4.74 Å². The van der Waals surface area contributed by atoms with Gasteiger partial charge in [-0.3, -0.25) is 4.90 Å². The number of aliphatic hydroxyl groups excluding tert-OH is 1. The van der Waals surface area contributed by atoms with Crippen LogP contribution in [0.4, 0.5) is 0 Å². The molecule has 34 heavy (non-hydrogen) atoms. The molecule has 1 aromatic heterocycles. The van der Waals surface area contributed by atoms with Gasteiger partial charge in [0.1, 0.15) is 17.5 Å². The summed E-state index contributed by atoms with van der Waals surface area (Å²) >= 11 is 6.61. The number of likely N-dealkylation sites (N-methyl/N-ethyl adjacent to an activating group) is 1. The predicted molar refractivity (Wildman–Crippen MR) is 137 cm³/mol. The first-order valence-corrected chi connectivity index (χ1v) is 11.8. The standard InChI is InChI=1S/C28H30ClN3O2/c1-21-27(28(29)32(30-21)24-11-7-4-8-12-24)20-34-26-15-13-23(14-16-26)18-31(2)25(19-33)17-22-9-5-3-6-10-22/h3-16,25,33H,17-20H2,1-2H3/t25-/m1/s1. The average Bonchev–Trinajstić information content (AvgIpc) is 3.16. The molecule has 0 radical (unpaired) electrons. The van der Waals surface area contributed by atoms with Gasteiger partial charge in [-0.1, -0.05) is 72.3 Å². The summed E-state index contributed by atoms with van der Waals surface area (Å²) in [5, 5.41) is 15.0. The van der Waals surface area contributed by atoms with E-state index >= 15 is 0 Å². The van der Waals surface area contributed by atoms with Gasteiger partial charge in [0.05, 0.1) is 18.0 Å². The largest absolute Gasteiger partial charge is 0.489 e. The predicted octanol–water partition coefficient (Wildman–Crippen LogP) is 5.45. The maximum atomic E-state index is 9.90. The first kappa shape index (κ1) is 24.0. The van der Waals surface area contributed by atoms with Crippen molar-refractivity contribution in [3.8, 4) is 11.4 Å². The molecule has 1 heterocycles. The lowest BCUT2D eigenvalue weighted by atomic mass is 10.0. The summed E-state index contributed by atoms with van der Waals surface area (Å²) in [4.78, 5) is 2.18. The van der Waals surface area contributed by atoms with E-state index < -0.39 is 0 Å². The Morgan fingerprint density at radius 1 is 0.941 bits per heavy atom. The Morgan fingerprint density at radius 3 is 2.24 bits per heavy atom. The fourth-order valence-corrected chi connectivity index (χ4v) is 4.27. The van der Waals surface area contributed by atoms with E-state index in [1.807, 2.05) is 74.6 Å². The van der Waals surface area contributed by atoms with Gasteiger partial charge in [0, 0.05) is 18.2 Å². The highest BCUT2D eigenvalue weighted by Gasteiger charge is 2.16. The van der Waals surface area contributed by atoms with Crippen LogP contribution in [0.25, 0.3) is 5.69 Å². The van der Waals surface area contributed by atoms with Crippen LogP contribution in [0.15, 0.2) is 84.9 Å². The molecule has 4 aromatic rings. The third-order valence-corrected chi connectivity index (χ3v) is 6.40. The van der Waals surface area contributed by atoms with Crippen molar-refractivity contribution in [3.63, 3.8) is 0 Å². The summed E-state index contributed by atoms with van der Waals surface area (Å²) in [5.74, 6) is 0.775. The normalized spacial score (nSPS) is 12.1. The quantitative estimate of drug-likeness (QED) is 0.331. The molecule has 0 fully saturated rings. The second-order valence-corrected chi connectivity index (χ2v) is 8.83. The summed E-state index contributed by atoms with van der Waals surface area (Å²) in [6.07, 6.45) is 0.811. The maximum absolute atomic E-state index is 9.90. The summed E-state index contributed by atoms with van der Waals surface area (Å²) in [5.41, 5.74) is 5.03. The number of rotatable bonds is 10. The average molecular weight is 476 g/mol. The van der Waals surface area contributed by atoms with Crippen molar-refractivity contribution in [2.75, 3.05) is 13.7 Å². The molecule has 0 spiro atoms. The molecule has 6 heteroatoms. The molecule has 0 aliphatic carbocycles. The molecule has 0 unspecified atom stereocenters. The minimum absolute atomic E-state index is 0.0598. The summed E-state index contributed by atoms with van der Waals surface area (Å²) < 4.78 is 7.76. The fourth-order valence-electron chi connectivity index (χ4n) is 3.95. The number of ether oxygens (including phenoxy) is 1. The summed E-state index contributed by atoms with van der Waals surface area (Å²) in [6, 6.07) is 28.2. The van der Waals surface area contributed by atoms with E-state index in [4.69, 9.17) is 16.3 Å². The highest BCUT2D eigenvalue weighted by atomic mass is 35.5. The molecule has 1 N–H and O–H groups in total. The lowest BCUT2D eigenvalue weighted by Gasteiger charge is -2.26. The van der Waals surface area contributed by atoms with Crippen LogP contribution >= 0.6 is 11.6 Å². The number of aromatic nitrogens is 2. The third-order valence-electron chi connectivity index (χ3n) is 6.01. The Labute approximate surface area is 206 Å². The number of aryl methyl sites for hydroxylation is 1. The number of hydrogen-bond acceptors (Lipinski definition) is 4. The number of halogens is 1. The molecule has 1 atom stereocenters. The van der Waals surface area contributed by atoms with Gasteiger partial charge in [-0.25, -0.2) is 4.68 Å². The number of aliphatic hydroxyl groups is 1. The van der Waals surface area contributed by atoms with Gasteiger partial charge in [-0.2, -0.15) is 5.10 Å². The van der Waals surface area contributed by atoms with Gasteiger partial charge >= 0.3 is 0 Å². The van der Waals surface area contributed by atoms with Crippen molar-refractivity contribution in [3.05, 3.63) is 112 Å². The molecule has 0 aliphatic heterocycles. The maximum Gasteiger partial charge on any atom is 0.139 e. The minimum Gasteiger partial charge on any atom is -0.489 e. The van der Waals surface area contributed by atoms with E-state index in [0.29, 0.717) is 11.8 Å². The van der Waals surface area contributed by atoms with Crippen molar-refractivity contribution in [2.24, 2.45) is 0 Å². The number of nitrogens with zero attached hydrogens (tertiary/aromatic N) is 3. The Kier molecular flexibility index (Phi) is 8.01. The Hall–Kier alpha value is -3.12. The monoisotopic (exact) mass is 475 g/mol. The third kappa shape index (κ3) is 5.86. The molecule has 0 amide bonds. The van der Waals surface area contributed by atoms with Crippen LogP contribution in [-0.4, -0.2) is 39.5 Å². The van der Waals surface area contributed by atoms with E-state index in [0.717, 1.165) is 41.2 Å². The zero-order valence-corrected chi connectivity index (χ0v) is 20.3. The Balaban J connectivity index is 1.36. The van der Waals surface area contributed by atoms with Crippen molar-refractivity contribution < 1.29 is 9.84 Å². The highest BCUT2D eigenvalue weighted by molar-refractivity contribution is 6.30. The van der Waals surface area contributed by atoms with Gasteiger partial charge < -0.3 is 9.84 Å². The smallest absolute Gasteiger partial charge is 0.139 e. The van der Waals surface area contributed by atoms with Crippen LogP contribution in [0.2, 0.25) is 5.15 Å².